The summed E-state index contributed by atoms with van der Waals surface area (Å²) >= 11 is 5.91. The first-order valence-electron chi connectivity index (χ1n) is 6.67. The number of hydrogen-bond acceptors (Lipinski definition) is 1. The summed E-state index contributed by atoms with van der Waals surface area (Å²) in [5, 5.41) is 0.812. The molecule has 1 saturated carbocycles. The molecule has 1 aliphatic rings. The molecule has 0 aromatic heterocycles. The number of halogens is 1. The lowest BCUT2D eigenvalue weighted by molar-refractivity contribution is 0.293. The van der Waals surface area contributed by atoms with Gasteiger partial charge in [-0.15, -0.1) is 0 Å². The van der Waals surface area contributed by atoms with Crippen LogP contribution < -0.4 is 5.73 Å². The summed E-state index contributed by atoms with van der Waals surface area (Å²) in [7, 11) is 0. The Morgan fingerprint density at radius 3 is 2.35 bits per heavy atom. The standard InChI is InChI=1S/C15H22ClN/c1-11(17)15(13-4-2-3-5-13)10-12-6-8-14(16)9-7-12/h6-9,11,13,15H,2-5,10,17H2,1H3/t11-,15+/m1/s1. The SMILES string of the molecule is C[C@@H](N)[C@H](Cc1ccc(Cl)cc1)C1CCCC1. The zero-order chi connectivity index (χ0) is 12.3. The lowest BCUT2D eigenvalue weighted by atomic mass is 9.81. The summed E-state index contributed by atoms with van der Waals surface area (Å²) in [4.78, 5) is 0. The monoisotopic (exact) mass is 251 g/mol. The van der Waals surface area contributed by atoms with Crippen molar-refractivity contribution in [3.8, 4) is 0 Å². The summed E-state index contributed by atoms with van der Waals surface area (Å²) in [6.07, 6.45) is 6.59. The van der Waals surface area contributed by atoms with E-state index in [0.717, 1.165) is 17.4 Å². The quantitative estimate of drug-likeness (QED) is 0.859. The van der Waals surface area contributed by atoms with E-state index in [1.807, 2.05) is 12.1 Å². The van der Waals surface area contributed by atoms with Gasteiger partial charge in [0, 0.05) is 11.1 Å². The third-order valence-electron chi connectivity index (χ3n) is 4.07. The molecular weight excluding hydrogens is 230 g/mol. The second kappa shape index (κ2) is 5.88. The van der Waals surface area contributed by atoms with E-state index >= 15 is 0 Å². The summed E-state index contributed by atoms with van der Waals surface area (Å²) in [5.41, 5.74) is 7.53. The van der Waals surface area contributed by atoms with Crippen LogP contribution in [0.3, 0.4) is 0 Å². The molecule has 17 heavy (non-hydrogen) atoms. The first-order chi connectivity index (χ1) is 8.16. The van der Waals surface area contributed by atoms with Gasteiger partial charge in [-0.25, -0.2) is 0 Å². The number of rotatable bonds is 4. The fourth-order valence-corrected chi connectivity index (χ4v) is 3.19. The van der Waals surface area contributed by atoms with Crippen molar-refractivity contribution in [3.05, 3.63) is 34.9 Å². The summed E-state index contributed by atoms with van der Waals surface area (Å²) in [6.45, 7) is 2.15. The fourth-order valence-electron chi connectivity index (χ4n) is 3.06. The van der Waals surface area contributed by atoms with E-state index in [9.17, 15) is 0 Å². The maximum atomic E-state index is 6.17. The Labute approximate surface area is 109 Å². The van der Waals surface area contributed by atoms with Crippen LogP contribution in [0, 0.1) is 11.8 Å². The molecule has 2 N–H and O–H groups in total. The molecule has 1 fully saturated rings. The molecule has 0 amide bonds. The molecule has 1 nitrogen and oxygen atoms in total. The van der Waals surface area contributed by atoms with Gasteiger partial charge in [-0.2, -0.15) is 0 Å². The minimum absolute atomic E-state index is 0.286. The van der Waals surface area contributed by atoms with Crippen molar-refractivity contribution in [2.75, 3.05) is 0 Å². The Hall–Kier alpha value is -0.530. The van der Waals surface area contributed by atoms with Crippen LogP contribution >= 0.6 is 11.6 Å². The molecular formula is C15H22ClN. The van der Waals surface area contributed by atoms with E-state index < -0.39 is 0 Å². The smallest absolute Gasteiger partial charge is 0.0406 e. The van der Waals surface area contributed by atoms with E-state index in [2.05, 4.69) is 19.1 Å². The molecule has 2 rings (SSSR count). The molecule has 1 aliphatic carbocycles. The Balaban J connectivity index is 2.04. The van der Waals surface area contributed by atoms with Gasteiger partial charge < -0.3 is 5.73 Å². The first-order valence-corrected chi connectivity index (χ1v) is 7.04. The van der Waals surface area contributed by atoms with Gasteiger partial charge >= 0.3 is 0 Å². The number of hydrogen-bond donors (Lipinski definition) is 1. The molecule has 0 spiro atoms. The predicted octanol–water partition coefficient (Wildman–Crippen LogP) is 4.04. The minimum Gasteiger partial charge on any atom is -0.328 e. The third-order valence-corrected chi connectivity index (χ3v) is 4.32. The van der Waals surface area contributed by atoms with Gasteiger partial charge in [0.05, 0.1) is 0 Å². The summed E-state index contributed by atoms with van der Waals surface area (Å²) in [5.74, 6) is 1.45. The minimum atomic E-state index is 0.286. The molecule has 0 saturated heterocycles. The Kier molecular flexibility index (Phi) is 4.47. The fraction of sp³-hybridized carbons (Fsp3) is 0.600. The highest BCUT2D eigenvalue weighted by atomic mass is 35.5. The van der Waals surface area contributed by atoms with Crippen LogP contribution in [0.4, 0.5) is 0 Å². The van der Waals surface area contributed by atoms with E-state index in [-0.39, 0.29) is 6.04 Å². The maximum absolute atomic E-state index is 6.17. The molecule has 0 heterocycles. The topological polar surface area (TPSA) is 26.0 Å². The Morgan fingerprint density at radius 2 is 1.82 bits per heavy atom. The summed E-state index contributed by atoms with van der Waals surface area (Å²) in [6, 6.07) is 8.50. The molecule has 2 heteroatoms. The largest absolute Gasteiger partial charge is 0.328 e. The van der Waals surface area contributed by atoms with Crippen molar-refractivity contribution in [3.63, 3.8) is 0 Å². The van der Waals surface area contributed by atoms with Gasteiger partial charge in [-0.05, 0) is 42.9 Å². The molecule has 0 bridgehead atoms. The highest BCUT2D eigenvalue weighted by Gasteiger charge is 2.27. The lowest BCUT2D eigenvalue weighted by Gasteiger charge is -2.27. The van der Waals surface area contributed by atoms with Crippen molar-refractivity contribution in [2.45, 2.75) is 45.1 Å². The number of benzene rings is 1. The van der Waals surface area contributed by atoms with Crippen LogP contribution in [0.1, 0.15) is 38.2 Å². The average Bonchev–Trinajstić information content (AvgIpc) is 2.81. The van der Waals surface area contributed by atoms with Crippen LogP contribution in [0.15, 0.2) is 24.3 Å². The zero-order valence-electron chi connectivity index (χ0n) is 10.5. The Bertz CT molecular complexity index is 338. The predicted molar refractivity (Wildman–Crippen MR) is 74.3 cm³/mol. The van der Waals surface area contributed by atoms with Gasteiger partial charge in [0.2, 0.25) is 0 Å². The normalized spacial score (nSPS) is 20.4. The molecule has 0 radical (unpaired) electrons. The van der Waals surface area contributed by atoms with Gasteiger partial charge in [0.1, 0.15) is 0 Å². The number of nitrogens with two attached hydrogens (primary N) is 1. The van der Waals surface area contributed by atoms with Crippen LogP contribution in [-0.2, 0) is 6.42 Å². The van der Waals surface area contributed by atoms with Gasteiger partial charge in [-0.3, -0.25) is 0 Å². The van der Waals surface area contributed by atoms with Crippen molar-refractivity contribution in [1.29, 1.82) is 0 Å². The van der Waals surface area contributed by atoms with Crippen molar-refractivity contribution in [2.24, 2.45) is 17.6 Å². The molecule has 94 valence electrons. The maximum Gasteiger partial charge on any atom is 0.0406 e. The molecule has 0 aliphatic heterocycles. The molecule has 0 unspecified atom stereocenters. The van der Waals surface area contributed by atoms with E-state index in [0.29, 0.717) is 5.92 Å². The second-order valence-corrected chi connectivity index (χ2v) is 5.83. The first kappa shape index (κ1) is 12.9. The second-order valence-electron chi connectivity index (χ2n) is 5.40. The lowest BCUT2D eigenvalue weighted by Crippen LogP contribution is -2.33. The summed E-state index contributed by atoms with van der Waals surface area (Å²) < 4.78 is 0. The van der Waals surface area contributed by atoms with Gasteiger partial charge in [-0.1, -0.05) is 49.4 Å². The highest BCUT2D eigenvalue weighted by molar-refractivity contribution is 6.30. The zero-order valence-corrected chi connectivity index (χ0v) is 11.3. The Morgan fingerprint density at radius 1 is 1.24 bits per heavy atom. The molecule has 1 aromatic rings. The third kappa shape index (κ3) is 3.46. The van der Waals surface area contributed by atoms with Crippen molar-refractivity contribution in [1.82, 2.24) is 0 Å². The van der Waals surface area contributed by atoms with Crippen LogP contribution in [0.5, 0.6) is 0 Å². The van der Waals surface area contributed by atoms with Gasteiger partial charge in [0.25, 0.3) is 0 Å². The van der Waals surface area contributed by atoms with Crippen molar-refractivity contribution >= 4 is 11.6 Å². The van der Waals surface area contributed by atoms with E-state index in [1.165, 1.54) is 31.2 Å². The van der Waals surface area contributed by atoms with Crippen LogP contribution in [-0.4, -0.2) is 6.04 Å². The average molecular weight is 252 g/mol. The highest BCUT2D eigenvalue weighted by Crippen LogP contribution is 2.34. The van der Waals surface area contributed by atoms with Crippen molar-refractivity contribution < 1.29 is 0 Å². The van der Waals surface area contributed by atoms with E-state index in [1.54, 1.807) is 0 Å². The molecule has 2 atom stereocenters. The van der Waals surface area contributed by atoms with Crippen LogP contribution in [0.25, 0.3) is 0 Å². The van der Waals surface area contributed by atoms with Gasteiger partial charge in [0.15, 0.2) is 0 Å². The molecule has 1 aromatic carbocycles. The van der Waals surface area contributed by atoms with Crippen LogP contribution in [0.2, 0.25) is 5.02 Å². The van der Waals surface area contributed by atoms with E-state index in [4.69, 9.17) is 17.3 Å².